The summed E-state index contributed by atoms with van der Waals surface area (Å²) in [4.78, 5) is 19.2. The number of carbonyl (C=O) groups excluding carboxylic acids is 1. The Balaban J connectivity index is 1.71. The summed E-state index contributed by atoms with van der Waals surface area (Å²) in [6.07, 6.45) is -2.72. The molecule has 2 N–H and O–H groups in total. The number of benzene rings is 1. The van der Waals surface area contributed by atoms with Gasteiger partial charge in [0.25, 0.3) is 22.4 Å². The molecule has 3 aromatic rings. The van der Waals surface area contributed by atoms with Gasteiger partial charge in [0.15, 0.2) is 5.82 Å². The molecule has 0 fully saturated rings. The fraction of sp³-hybridized carbons (Fsp3) is 0.250. The van der Waals surface area contributed by atoms with E-state index < -0.39 is 28.2 Å². The lowest BCUT2D eigenvalue weighted by Gasteiger charge is -2.08. The molecule has 144 valence electrons. The minimum Gasteiger partial charge on any atom is -0.347 e. The van der Waals surface area contributed by atoms with E-state index in [-0.39, 0.29) is 16.3 Å². The van der Waals surface area contributed by atoms with Crippen LogP contribution in [0.2, 0.25) is 0 Å². The quantitative estimate of drug-likeness (QED) is 0.648. The van der Waals surface area contributed by atoms with Crippen molar-refractivity contribution in [1.29, 1.82) is 0 Å². The summed E-state index contributed by atoms with van der Waals surface area (Å²) in [6.45, 7) is 0.149. The van der Waals surface area contributed by atoms with E-state index in [1.165, 1.54) is 38.4 Å². The number of amides is 1. The van der Waals surface area contributed by atoms with Crippen LogP contribution in [0.3, 0.4) is 0 Å². The molecule has 7 nitrogen and oxygen atoms in total. The van der Waals surface area contributed by atoms with Gasteiger partial charge in [-0.1, -0.05) is 0 Å². The van der Waals surface area contributed by atoms with E-state index in [0.29, 0.717) is 15.9 Å². The van der Waals surface area contributed by atoms with Crippen molar-refractivity contribution >= 4 is 38.3 Å². The molecule has 0 aliphatic heterocycles. The molecule has 0 unspecified atom stereocenters. The van der Waals surface area contributed by atoms with Crippen molar-refractivity contribution in [3.05, 3.63) is 46.6 Å². The van der Waals surface area contributed by atoms with Crippen molar-refractivity contribution in [2.45, 2.75) is 17.2 Å². The summed E-state index contributed by atoms with van der Waals surface area (Å²) < 4.78 is 50.8. The molecule has 0 aliphatic rings. The Morgan fingerprint density at radius 2 is 2.04 bits per heavy atom. The molecular weight excluding hydrogens is 398 g/mol. The Morgan fingerprint density at radius 1 is 1.30 bits per heavy atom. The number of aromatic nitrogens is 2. The topological polar surface area (TPSA) is 95.2 Å². The van der Waals surface area contributed by atoms with Crippen LogP contribution in [0.15, 0.2) is 34.5 Å². The lowest BCUT2D eigenvalue weighted by Crippen LogP contribution is -2.22. The van der Waals surface area contributed by atoms with Gasteiger partial charge in [-0.15, -0.1) is 11.3 Å². The zero-order valence-corrected chi connectivity index (χ0v) is 16.0. The number of imidazole rings is 1. The number of sulfonamides is 1. The Bertz CT molecular complexity index is 1090. The van der Waals surface area contributed by atoms with Crippen LogP contribution in [0.25, 0.3) is 11.0 Å². The predicted octanol–water partition coefficient (Wildman–Crippen LogP) is 2.74. The standard InChI is InChI=1S/C16H16F2N4O3S2/c1-22(2)27(24,25)13-6-4-10(26-13)8-19-16(23)9-3-5-11-12(7-9)21-15(20-11)14(17)18/h3-7,14H,8H2,1-2H3,(H,19,23)(H,20,21). The molecule has 2 aromatic heterocycles. The van der Waals surface area contributed by atoms with Gasteiger partial charge in [-0.3, -0.25) is 4.79 Å². The number of aromatic amines is 1. The third-order valence-corrected chi connectivity index (χ3v) is 7.13. The van der Waals surface area contributed by atoms with Crippen molar-refractivity contribution in [2.75, 3.05) is 14.1 Å². The zero-order chi connectivity index (χ0) is 19.8. The number of halogens is 2. The highest BCUT2D eigenvalue weighted by Gasteiger charge is 2.20. The Labute approximate surface area is 158 Å². The maximum Gasteiger partial charge on any atom is 0.295 e. The first-order valence-corrected chi connectivity index (χ1v) is 10.0. The Kier molecular flexibility index (Phi) is 5.27. The van der Waals surface area contributed by atoms with Gasteiger partial charge in [0, 0.05) is 24.5 Å². The van der Waals surface area contributed by atoms with Crippen LogP contribution < -0.4 is 5.32 Å². The van der Waals surface area contributed by atoms with Crippen LogP contribution in [0, 0.1) is 0 Å². The highest BCUT2D eigenvalue weighted by molar-refractivity contribution is 7.91. The molecule has 3 rings (SSSR count). The Hall–Kier alpha value is -2.37. The SMILES string of the molecule is CN(C)S(=O)(=O)c1ccc(CNC(=O)c2ccc3nc(C(F)F)[nH]c3c2)s1. The molecule has 0 aliphatic carbocycles. The highest BCUT2D eigenvalue weighted by atomic mass is 32.2. The van der Waals surface area contributed by atoms with E-state index >= 15 is 0 Å². The van der Waals surface area contributed by atoms with Gasteiger partial charge < -0.3 is 10.3 Å². The van der Waals surface area contributed by atoms with Crippen LogP contribution in [0.5, 0.6) is 0 Å². The normalized spacial score (nSPS) is 12.2. The molecule has 0 bridgehead atoms. The maximum atomic E-state index is 12.7. The van der Waals surface area contributed by atoms with E-state index in [1.54, 1.807) is 6.07 Å². The summed E-state index contributed by atoms with van der Waals surface area (Å²) in [5.74, 6) is -0.855. The largest absolute Gasteiger partial charge is 0.347 e. The molecule has 1 aromatic carbocycles. The van der Waals surface area contributed by atoms with Gasteiger partial charge in [-0.2, -0.15) is 0 Å². The maximum absolute atomic E-state index is 12.7. The number of nitrogens with one attached hydrogen (secondary N) is 2. The van der Waals surface area contributed by atoms with Crippen LogP contribution >= 0.6 is 11.3 Å². The van der Waals surface area contributed by atoms with Gasteiger partial charge in [0.1, 0.15) is 4.21 Å². The van der Waals surface area contributed by atoms with E-state index in [1.807, 2.05) is 0 Å². The minimum atomic E-state index is -3.51. The monoisotopic (exact) mass is 414 g/mol. The lowest BCUT2D eigenvalue weighted by atomic mass is 10.2. The number of nitrogens with zero attached hydrogens (tertiary/aromatic N) is 2. The second-order valence-electron chi connectivity index (χ2n) is 5.85. The average molecular weight is 414 g/mol. The lowest BCUT2D eigenvalue weighted by molar-refractivity contribution is 0.0951. The van der Waals surface area contributed by atoms with Crippen LogP contribution in [-0.2, 0) is 16.6 Å². The minimum absolute atomic E-state index is 0.149. The second-order valence-corrected chi connectivity index (χ2v) is 9.39. The number of H-pyrrole nitrogens is 1. The van der Waals surface area contributed by atoms with Crippen molar-refractivity contribution in [2.24, 2.45) is 0 Å². The van der Waals surface area contributed by atoms with E-state index in [0.717, 1.165) is 15.6 Å². The summed E-state index contributed by atoms with van der Waals surface area (Å²) in [5, 5.41) is 2.68. The van der Waals surface area contributed by atoms with Gasteiger partial charge in [-0.25, -0.2) is 26.5 Å². The van der Waals surface area contributed by atoms with Crippen molar-refractivity contribution in [3.63, 3.8) is 0 Å². The summed E-state index contributed by atoms with van der Waals surface area (Å²) in [7, 11) is -0.617. The molecule has 0 atom stereocenters. The van der Waals surface area contributed by atoms with Crippen molar-refractivity contribution < 1.29 is 22.0 Å². The van der Waals surface area contributed by atoms with Crippen molar-refractivity contribution in [1.82, 2.24) is 19.6 Å². The van der Waals surface area contributed by atoms with Gasteiger partial charge in [-0.05, 0) is 30.3 Å². The van der Waals surface area contributed by atoms with Crippen LogP contribution in [0.4, 0.5) is 8.78 Å². The number of hydrogen-bond donors (Lipinski definition) is 2. The molecule has 0 spiro atoms. The average Bonchev–Trinajstić information content (AvgIpc) is 3.25. The highest BCUT2D eigenvalue weighted by Crippen LogP contribution is 2.24. The third kappa shape index (κ3) is 3.99. The predicted molar refractivity (Wildman–Crippen MR) is 97.4 cm³/mol. The van der Waals surface area contributed by atoms with E-state index in [9.17, 15) is 22.0 Å². The molecule has 0 saturated heterocycles. The summed E-state index contributed by atoms with van der Waals surface area (Å²) >= 11 is 1.07. The van der Waals surface area contributed by atoms with Gasteiger partial charge in [0.2, 0.25) is 0 Å². The van der Waals surface area contributed by atoms with E-state index in [4.69, 9.17) is 0 Å². The number of thiophene rings is 1. The smallest absolute Gasteiger partial charge is 0.295 e. The van der Waals surface area contributed by atoms with Gasteiger partial charge >= 0.3 is 0 Å². The van der Waals surface area contributed by atoms with Crippen molar-refractivity contribution in [3.8, 4) is 0 Å². The molecule has 0 saturated carbocycles. The third-order valence-electron chi connectivity index (χ3n) is 3.76. The fourth-order valence-corrected chi connectivity index (χ4v) is 4.78. The molecule has 0 radical (unpaired) electrons. The zero-order valence-electron chi connectivity index (χ0n) is 14.4. The van der Waals surface area contributed by atoms with Crippen LogP contribution in [-0.4, -0.2) is 42.7 Å². The molecule has 27 heavy (non-hydrogen) atoms. The fourth-order valence-electron chi connectivity index (χ4n) is 2.32. The molecular formula is C16H16F2N4O3S2. The number of alkyl halides is 2. The first-order chi connectivity index (χ1) is 12.7. The summed E-state index contributed by atoms with van der Waals surface area (Å²) in [6, 6.07) is 7.54. The first kappa shape index (κ1) is 19.4. The number of carbonyl (C=O) groups is 1. The number of fused-ring (bicyclic) bond motifs is 1. The first-order valence-electron chi connectivity index (χ1n) is 7.75. The second kappa shape index (κ2) is 7.33. The molecule has 1 amide bonds. The summed E-state index contributed by atoms with van der Waals surface area (Å²) in [5.41, 5.74) is 0.969. The van der Waals surface area contributed by atoms with Gasteiger partial charge in [0.05, 0.1) is 17.6 Å². The number of rotatable bonds is 6. The molecule has 2 heterocycles. The Morgan fingerprint density at radius 3 is 2.70 bits per heavy atom. The van der Waals surface area contributed by atoms with E-state index in [2.05, 4.69) is 15.3 Å². The molecule has 11 heteroatoms. The van der Waals surface area contributed by atoms with Crippen LogP contribution in [0.1, 0.15) is 27.5 Å². The number of hydrogen-bond acceptors (Lipinski definition) is 5.